The van der Waals surface area contributed by atoms with Gasteiger partial charge in [-0.2, -0.15) is 0 Å². The van der Waals surface area contributed by atoms with Crippen LogP contribution in [0.4, 0.5) is 0 Å². The first-order valence-electron chi connectivity index (χ1n) is 4.28. The quantitative estimate of drug-likeness (QED) is 0.459. The van der Waals surface area contributed by atoms with E-state index in [0.29, 0.717) is 6.04 Å². The molecule has 0 fully saturated rings. The van der Waals surface area contributed by atoms with Gasteiger partial charge in [-0.05, 0) is 38.1 Å². The van der Waals surface area contributed by atoms with Gasteiger partial charge in [0.1, 0.15) is 0 Å². The van der Waals surface area contributed by atoms with Crippen LogP contribution in [0.1, 0.15) is 32.1 Å². The van der Waals surface area contributed by atoms with Crippen LogP contribution in [0.2, 0.25) is 6.04 Å². The minimum atomic E-state index is -2.78. The first kappa shape index (κ1) is 8.97. The lowest BCUT2D eigenvalue weighted by Crippen LogP contribution is -2.06. The summed E-state index contributed by atoms with van der Waals surface area (Å²) in [5.74, 6) is 0. The van der Waals surface area contributed by atoms with Crippen LogP contribution in [0.25, 0.3) is 0 Å². The molecule has 0 aliphatic heterocycles. The van der Waals surface area contributed by atoms with Crippen LogP contribution in [-0.4, -0.2) is 9.28 Å². The highest BCUT2D eigenvalue weighted by Gasteiger charge is 2.09. The largest absolute Gasteiger partial charge is 0.393 e. The molecule has 1 rings (SSSR count). The van der Waals surface area contributed by atoms with Gasteiger partial charge in [0.2, 0.25) is 0 Å². The lowest BCUT2D eigenvalue weighted by atomic mass is 9.98. The maximum Gasteiger partial charge on any atom is 0.393 e. The van der Waals surface area contributed by atoms with Crippen molar-refractivity contribution >= 4 is 9.28 Å². The summed E-state index contributed by atoms with van der Waals surface area (Å²) in [6.07, 6.45) is 7.80. The molecule has 62 valence electrons. The van der Waals surface area contributed by atoms with Gasteiger partial charge >= 0.3 is 9.28 Å². The summed E-state index contributed by atoms with van der Waals surface area (Å²) in [5, 5.41) is 0. The fraction of sp³-hybridized carbons (Fsp3) is 0.750. The smallest absolute Gasteiger partial charge is 0.261 e. The van der Waals surface area contributed by atoms with Gasteiger partial charge < -0.3 is 0 Å². The number of hydrogen-bond acceptors (Lipinski definition) is 0. The summed E-state index contributed by atoms with van der Waals surface area (Å²) in [4.78, 5) is 20.7. The van der Waals surface area contributed by atoms with Crippen molar-refractivity contribution in [3.8, 4) is 0 Å². The van der Waals surface area contributed by atoms with Crippen molar-refractivity contribution in [2.45, 2.75) is 38.1 Å². The van der Waals surface area contributed by atoms with Crippen LogP contribution in [-0.2, 0) is 9.59 Å². The van der Waals surface area contributed by atoms with Crippen molar-refractivity contribution in [3.63, 3.8) is 0 Å². The van der Waals surface area contributed by atoms with Gasteiger partial charge in [0.05, 0.1) is 0 Å². The lowest BCUT2D eigenvalue weighted by molar-refractivity contribution is 0.282. The zero-order chi connectivity index (χ0) is 8.10. The Balaban J connectivity index is 2.19. The third-order valence-electron chi connectivity index (χ3n) is 2.09. The second-order valence-electron chi connectivity index (χ2n) is 3.08. The molecule has 3 heteroatoms. The highest BCUT2D eigenvalue weighted by molar-refractivity contribution is 6.40. The molecule has 0 saturated heterocycles. The zero-order valence-electron chi connectivity index (χ0n) is 6.71. The molecular weight excluding hydrogens is 156 g/mol. The van der Waals surface area contributed by atoms with E-state index < -0.39 is 9.28 Å². The molecule has 1 aliphatic rings. The predicted octanol–water partition coefficient (Wildman–Crippen LogP) is 1.96. The van der Waals surface area contributed by atoms with E-state index >= 15 is 0 Å². The van der Waals surface area contributed by atoms with Crippen LogP contribution >= 0.6 is 0 Å². The van der Waals surface area contributed by atoms with Crippen molar-refractivity contribution in [2.75, 3.05) is 0 Å². The summed E-state index contributed by atoms with van der Waals surface area (Å²) < 4.78 is 0. The van der Waals surface area contributed by atoms with Gasteiger partial charge in [0.15, 0.2) is 0 Å². The highest BCUT2D eigenvalue weighted by atomic mass is 28.3. The summed E-state index contributed by atoms with van der Waals surface area (Å²) in [7, 11) is -2.78. The third kappa shape index (κ3) is 3.70. The Morgan fingerprint density at radius 2 is 2.18 bits per heavy atom. The summed E-state index contributed by atoms with van der Waals surface area (Å²) in [6.45, 7) is 0. The fourth-order valence-corrected chi connectivity index (χ4v) is 2.04. The Hall–Kier alpha value is -0.123. The zero-order valence-corrected chi connectivity index (χ0v) is 7.87. The van der Waals surface area contributed by atoms with Gasteiger partial charge in [-0.15, -0.1) is 0 Å². The maximum atomic E-state index is 10.3. The molecule has 0 aromatic rings. The van der Waals surface area contributed by atoms with E-state index in [1.54, 1.807) is 0 Å². The molecule has 0 N–H and O–H groups in total. The SMILES string of the molecule is [O][SiH]([O])CCC1=CCCCC1. The number of allylic oxidation sites excluding steroid dienone is 2. The Kier molecular flexibility index (Phi) is 3.83. The molecule has 11 heavy (non-hydrogen) atoms. The molecule has 0 aromatic heterocycles. The van der Waals surface area contributed by atoms with E-state index in [4.69, 9.17) is 0 Å². The van der Waals surface area contributed by atoms with Crippen molar-refractivity contribution < 1.29 is 9.59 Å². The summed E-state index contributed by atoms with van der Waals surface area (Å²) >= 11 is 0. The molecule has 0 unspecified atom stereocenters. The van der Waals surface area contributed by atoms with Gasteiger partial charge in [-0.1, -0.05) is 11.6 Å². The van der Waals surface area contributed by atoms with Crippen molar-refractivity contribution in [2.24, 2.45) is 0 Å². The number of hydrogen-bond donors (Lipinski definition) is 0. The van der Waals surface area contributed by atoms with E-state index in [1.165, 1.54) is 18.4 Å². The Morgan fingerprint density at radius 1 is 1.36 bits per heavy atom. The normalized spacial score (nSPS) is 18.6. The van der Waals surface area contributed by atoms with Gasteiger partial charge in [-0.3, -0.25) is 9.59 Å². The van der Waals surface area contributed by atoms with Crippen LogP contribution in [0.15, 0.2) is 11.6 Å². The molecule has 0 saturated carbocycles. The Morgan fingerprint density at radius 3 is 2.73 bits per heavy atom. The fourth-order valence-electron chi connectivity index (χ4n) is 1.43. The molecule has 0 amide bonds. The van der Waals surface area contributed by atoms with Crippen LogP contribution in [0.3, 0.4) is 0 Å². The summed E-state index contributed by atoms with van der Waals surface area (Å²) in [5.41, 5.74) is 1.36. The van der Waals surface area contributed by atoms with E-state index in [9.17, 15) is 9.59 Å². The van der Waals surface area contributed by atoms with E-state index in [2.05, 4.69) is 6.08 Å². The third-order valence-corrected chi connectivity index (χ3v) is 2.85. The van der Waals surface area contributed by atoms with E-state index in [0.717, 1.165) is 19.3 Å². The van der Waals surface area contributed by atoms with Gasteiger partial charge in [0, 0.05) is 0 Å². The molecule has 2 nitrogen and oxygen atoms in total. The van der Waals surface area contributed by atoms with Crippen LogP contribution in [0, 0.1) is 0 Å². The van der Waals surface area contributed by atoms with E-state index in [-0.39, 0.29) is 0 Å². The van der Waals surface area contributed by atoms with Crippen molar-refractivity contribution in [1.82, 2.24) is 0 Å². The molecule has 2 radical (unpaired) electrons. The first-order chi connectivity index (χ1) is 5.29. The molecule has 0 aromatic carbocycles. The van der Waals surface area contributed by atoms with Gasteiger partial charge in [0.25, 0.3) is 0 Å². The monoisotopic (exact) mass is 170 g/mol. The topological polar surface area (TPSA) is 39.8 Å². The average molecular weight is 170 g/mol. The second kappa shape index (κ2) is 4.69. The molecule has 1 aliphatic carbocycles. The maximum absolute atomic E-state index is 10.3. The summed E-state index contributed by atoms with van der Waals surface area (Å²) in [6, 6.07) is 0.409. The highest BCUT2D eigenvalue weighted by Crippen LogP contribution is 2.21. The van der Waals surface area contributed by atoms with Crippen LogP contribution < -0.4 is 0 Å². The van der Waals surface area contributed by atoms with E-state index in [1.807, 2.05) is 0 Å². The van der Waals surface area contributed by atoms with Crippen LogP contribution in [0.5, 0.6) is 0 Å². The Bertz CT molecular complexity index is 143. The molecule has 0 heterocycles. The first-order valence-corrected chi connectivity index (χ1v) is 6.04. The number of rotatable bonds is 3. The molecule has 0 atom stereocenters. The molecular formula is C8H14O2Si. The lowest BCUT2D eigenvalue weighted by Gasteiger charge is -2.11. The second-order valence-corrected chi connectivity index (χ2v) is 4.51. The van der Waals surface area contributed by atoms with Gasteiger partial charge in [-0.25, -0.2) is 0 Å². The molecule has 0 bridgehead atoms. The average Bonchev–Trinajstić information content (AvgIpc) is 2.03. The van der Waals surface area contributed by atoms with Crippen molar-refractivity contribution in [1.29, 1.82) is 0 Å². The predicted molar refractivity (Wildman–Crippen MR) is 44.5 cm³/mol. The standard InChI is InChI=1S/C8H14O2Si/c9-11(10)7-6-8-4-2-1-3-5-8/h4,11H,1-3,5-7H2. The Labute approximate surface area is 69.4 Å². The van der Waals surface area contributed by atoms with Crippen molar-refractivity contribution in [3.05, 3.63) is 11.6 Å². The minimum Gasteiger partial charge on any atom is -0.261 e. The minimum absolute atomic E-state index is 0.409. The molecule has 0 spiro atoms.